The highest BCUT2D eigenvalue weighted by Crippen LogP contribution is 2.49. The van der Waals surface area contributed by atoms with Crippen LogP contribution in [0.15, 0.2) is 11.9 Å². The monoisotopic (exact) mass is 256 g/mol. The molecule has 0 rings (SSSR count). The Morgan fingerprint density at radius 2 is 1.38 bits per heavy atom. The van der Waals surface area contributed by atoms with Crippen LogP contribution in [0.2, 0.25) is 0 Å². The summed E-state index contributed by atoms with van der Waals surface area (Å²) in [5.41, 5.74) is 0. The van der Waals surface area contributed by atoms with Crippen LogP contribution in [0.1, 0.15) is 6.92 Å². The zero-order valence-corrected chi connectivity index (χ0v) is 7.51. The summed E-state index contributed by atoms with van der Waals surface area (Å²) in [6.07, 6.45) is -7.25. The van der Waals surface area contributed by atoms with Gasteiger partial charge >= 0.3 is 18.0 Å². The van der Waals surface area contributed by atoms with E-state index in [9.17, 15) is 39.9 Å². The molecule has 0 aliphatic rings. The van der Waals surface area contributed by atoms with E-state index in [4.69, 9.17) is 0 Å². The van der Waals surface area contributed by atoms with Crippen LogP contribution < -0.4 is 0 Å². The van der Waals surface area contributed by atoms with Gasteiger partial charge in [0.15, 0.2) is 11.6 Å². The van der Waals surface area contributed by atoms with E-state index >= 15 is 0 Å². The number of allylic oxidation sites excluding steroid dienone is 2. The minimum atomic E-state index is -6.63. The van der Waals surface area contributed by atoms with Crippen molar-refractivity contribution in [3.63, 3.8) is 0 Å². The standard InChI is InChI=1S/C7H4F8O/c1-3(16)2-4(8)5(9,10)6(11,12)7(13,14)15/h2H,1H3/b4-2-. The van der Waals surface area contributed by atoms with Gasteiger partial charge in [0.2, 0.25) is 0 Å². The van der Waals surface area contributed by atoms with Gasteiger partial charge in [-0.2, -0.15) is 30.7 Å². The van der Waals surface area contributed by atoms with E-state index in [1.807, 2.05) is 0 Å². The third-order valence-electron chi connectivity index (χ3n) is 1.38. The number of hydrogen-bond acceptors (Lipinski definition) is 1. The first-order valence-electron chi connectivity index (χ1n) is 3.54. The zero-order valence-electron chi connectivity index (χ0n) is 7.51. The van der Waals surface area contributed by atoms with Gasteiger partial charge in [0.25, 0.3) is 0 Å². The van der Waals surface area contributed by atoms with E-state index < -0.39 is 35.7 Å². The summed E-state index contributed by atoms with van der Waals surface area (Å²) in [4.78, 5) is 10.1. The smallest absolute Gasteiger partial charge is 0.295 e. The molecule has 0 N–H and O–H groups in total. The van der Waals surface area contributed by atoms with Crippen molar-refractivity contribution in [2.75, 3.05) is 0 Å². The molecule has 0 unspecified atom stereocenters. The number of carbonyl (C=O) groups excluding carboxylic acids is 1. The van der Waals surface area contributed by atoms with Crippen molar-refractivity contribution >= 4 is 5.78 Å². The Morgan fingerprint density at radius 3 is 1.62 bits per heavy atom. The van der Waals surface area contributed by atoms with Crippen LogP contribution in [-0.4, -0.2) is 23.8 Å². The molecule has 0 aromatic carbocycles. The van der Waals surface area contributed by atoms with Crippen LogP contribution in [0.3, 0.4) is 0 Å². The Morgan fingerprint density at radius 1 is 1.00 bits per heavy atom. The number of ketones is 1. The maximum atomic E-state index is 12.4. The lowest BCUT2D eigenvalue weighted by Gasteiger charge is -2.26. The number of alkyl halides is 7. The maximum absolute atomic E-state index is 12.4. The van der Waals surface area contributed by atoms with Gasteiger partial charge in [-0.25, -0.2) is 4.39 Å². The predicted octanol–water partition coefficient (Wildman–Crippen LogP) is 3.26. The van der Waals surface area contributed by atoms with Crippen LogP contribution in [-0.2, 0) is 4.79 Å². The highest BCUT2D eigenvalue weighted by Gasteiger charge is 2.74. The quantitative estimate of drug-likeness (QED) is 0.559. The molecule has 0 atom stereocenters. The molecule has 0 aromatic heterocycles. The van der Waals surface area contributed by atoms with Crippen molar-refractivity contribution in [1.29, 1.82) is 0 Å². The molecule has 0 saturated heterocycles. The molecule has 0 fully saturated rings. The second-order valence-electron chi connectivity index (χ2n) is 2.75. The molecule has 16 heavy (non-hydrogen) atoms. The second-order valence-corrected chi connectivity index (χ2v) is 2.75. The molecule has 0 aliphatic heterocycles. The van der Waals surface area contributed by atoms with E-state index in [1.165, 1.54) is 0 Å². The summed E-state index contributed by atoms with van der Waals surface area (Å²) in [7, 11) is 0. The van der Waals surface area contributed by atoms with Crippen molar-refractivity contribution in [3.05, 3.63) is 11.9 Å². The van der Waals surface area contributed by atoms with Crippen LogP contribution in [0.25, 0.3) is 0 Å². The third kappa shape index (κ3) is 2.50. The summed E-state index contributed by atoms with van der Waals surface area (Å²) >= 11 is 0. The lowest BCUT2D eigenvalue weighted by atomic mass is 10.1. The van der Waals surface area contributed by atoms with E-state index in [2.05, 4.69) is 0 Å². The predicted molar refractivity (Wildman–Crippen MR) is 35.8 cm³/mol. The first-order valence-corrected chi connectivity index (χ1v) is 3.54. The molecular formula is C7H4F8O. The molecule has 0 bridgehead atoms. The highest BCUT2D eigenvalue weighted by molar-refractivity contribution is 5.87. The summed E-state index contributed by atoms with van der Waals surface area (Å²) in [5, 5.41) is 0. The van der Waals surface area contributed by atoms with Gasteiger partial charge in [0.1, 0.15) is 0 Å². The lowest BCUT2D eigenvalue weighted by molar-refractivity contribution is -0.347. The lowest BCUT2D eigenvalue weighted by Crippen LogP contribution is -2.52. The topological polar surface area (TPSA) is 17.1 Å². The Kier molecular flexibility index (Phi) is 3.73. The van der Waals surface area contributed by atoms with Crippen molar-refractivity contribution in [3.8, 4) is 0 Å². The SMILES string of the molecule is CC(=O)/C=C(\F)C(F)(F)C(F)(F)C(F)(F)F. The van der Waals surface area contributed by atoms with Gasteiger partial charge in [-0.3, -0.25) is 4.79 Å². The first kappa shape index (κ1) is 14.8. The Labute approximate surface area is 83.7 Å². The average molecular weight is 256 g/mol. The van der Waals surface area contributed by atoms with Gasteiger partial charge in [0.05, 0.1) is 0 Å². The van der Waals surface area contributed by atoms with Gasteiger partial charge < -0.3 is 0 Å². The van der Waals surface area contributed by atoms with Crippen LogP contribution in [0.5, 0.6) is 0 Å². The van der Waals surface area contributed by atoms with E-state index in [0.29, 0.717) is 6.92 Å². The van der Waals surface area contributed by atoms with Gasteiger partial charge in [-0.05, 0) is 6.92 Å². The maximum Gasteiger partial charge on any atom is 0.460 e. The fourth-order valence-electron chi connectivity index (χ4n) is 0.597. The molecule has 0 spiro atoms. The normalized spacial score (nSPS) is 15.2. The fraction of sp³-hybridized carbons (Fsp3) is 0.571. The minimum Gasteiger partial charge on any atom is -0.295 e. The van der Waals surface area contributed by atoms with Crippen LogP contribution >= 0.6 is 0 Å². The molecule has 1 nitrogen and oxygen atoms in total. The van der Waals surface area contributed by atoms with Crippen LogP contribution in [0, 0.1) is 0 Å². The number of carbonyl (C=O) groups is 1. The van der Waals surface area contributed by atoms with Crippen LogP contribution in [0.4, 0.5) is 35.1 Å². The second kappa shape index (κ2) is 4.02. The Bertz CT molecular complexity index is 313. The molecule has 0 amide bonds. The molecule has 94 valence electrons. The molecule has 0 aromatic rings. The third-order valence-corrected chi connectivity index (χ3v) is 1.38. The highest BCUT2D eigenvalue weighted by atomic mass is 19.4. The molecule has 0 radical (unpaired) electrons. The van der Waals surface area contributed by atoms with E-state index in [-0.39, 0.29) is 0 Å². The summed E-state index contributed by atoms with van der Waals surface area (Å²) in [6.45, 7) is 0.515. The van der Waals surface area contributed by atoms with Gasteiger partial charge in [-0.15, -0.1) is 0 Å². The van der Waals surface area contributed by atoms with E-state index in [0.717, 1.165) is 0 Å². The minimum absolute atomic E-state index is 0.515. The summed E-state index contributed by atoms with van der Waals surface area (Å²) in [6, 6.07) is 0. The number of halogens is 8. The molecule has 0 saturated carbocycles. The van der Waals surface area contributed by atoms with Crippen molar-refractivity contribution in [2.24, 2.45) is 0 Å². The molecule has 0 aliphatic carbocycles. The molecular weight excluding hydrogens is 252 g/mol. The first-order chi connectivity index (χ1) is 6.84. The van der Waals surface area contributed by atoms with Gasteiger partial charge in [-0.1, -0.05) is 0 Å². The fourth-order valence-corrected chi connectivity index (χ4v) is 0.597. The molecule has 9 heteroatoms. The van der Waals surface area contributed by atoms with Crippen molar-refractivity contribution in [1.82, 2.24) is 0 Å². The molecule has 0 heterocycles. The number of hydrogen-bond donors (Lipinski definition) is 0. The number of rotatable bonds is 3. The zero-order chi connectivity index (χ0) is 13.4. The van der Waals surface area contributed by atoms with Crippen molar-refractivity contribution in [2.45, 2.75) is 24.9 Å². The average Bonchev–Trinajstić information content (AvgIpc) is 2.00. The van der Waals surface area contributed by atoms with E-state index in [1.54, 1.807) is 0 Å². The van der Waals surface area contributed by atoms with Gasteiger partial charge in [0, 0.05) is 6.08 Å². The largest absolute Gasteiger partial charge is 0.460 e. The Hall–Kier alpha value is -1.15. The Balaban J connectivity index is 5.44. The summed E-state index contributed by atoms with van der Waals surface area (Å²) in [5.74, 6) is -17.3. The summed E-state index contributed by atoms with van der Waals surface area (Å²) < 4.78 is 96.0. The van der Waals surface area contributed by atoms with Crippen molar-refractivity contribution < 1.29 is 39.9 Å².